The van der Waals surface area contributed by atoms with E-state index >= 15 is 0 Å². The number of aromatic nitrogens is 2. The third kappa shape index (κ3) is 6.76. The summed E-state index contributed by atoms with van der Waals surface area (Å²) in [5, 5.41) is 12.0. The van der Waals surface area contributed by atoms with Gasteiger partial charge in [-0.1, -0.05) is 31.1 Å². The smallest absolute Gasteiger partial charge is 0.257 e. The summed E-state index contributed by atoms with van der Waals surface area (Å²) >= 11 is 1.32. The van der Waals surface area contributed by atoms with Gasteiger partial charge in [0.1, 0.15) is 15.7 Å². The lowest BCUT2D eigenvalue weighted by Crippen LogP contribution is -2.40. The van der Waals surface area contributed by atoms with Crippen molar-refractivity contribution in [2.75, 3.05) is 12.4 Å². The fourth-order valence-electron chi connectivity index (χ4n) is 2.59. The minimum Gasteiger partial charge on any atom is -0.495 e. The zero-order valence-electron chi connectivity index (χ0n) is 17.4. The summed E-state index contributed by atoms with van der Waals surface area (Å²) in [4.78, 5) is 12.5. The molecule has 0 aliphatic heterocycles. The predicted molar refractivity (Wildman–Crippen MR) is 114 cm³/mol. The van der Waals surface area contributed by atoms with E-state index in [0.29, 0.717) is 5.13 Å². The number of anilines is 1. The van der Waals surface area contributed by atoms with Crippen LogP contribution in [-0.2, 0) is 16.4 Å². The Hall–Kier alpha value is -2.04. The maximum atomic E-state index is 12.7. The van der Waals surface area contributed by atoms with Crippen molar-refractivity contribution < 1.29 is 17.9 Å². The third-order valence-electron chi connectivity index (χ3n) is 3.84. The molecule has 0 saturated heterocycles. The van der Waals surface area contributed by atoms with Gasteiger partial charge in [0.15, 0.2) is 0 Å². The summed E-state index contributed by atoms with van der Waals surface area (Å²) in [5.74, 6) is -0.302. The van der Waals surface area contributed by atoms with E-state index in [0.717, 1.165) is 30.7 Å². The standard InChI is InChI=1S/C19H28N4O4S2/c1-6-7-8-9-16-21-22-18(28-16)20-17(24)13-10-11-14(27-5)15(12-13)29(25,26)23-19(2,3)4/h10-12,23H,6-9H2,1-5H3,(H,20,22,24). The number of nitrogens with one attached hydrogen (secondary N) is 2. The highest BCUT2D eigenvalue weighted by atomic mass is 32.2. The van der Waals surface area contributed by atoms with Gasteiger partial charge >= 0.3 is 0 Å². The van der Waals surface area contributed by atoms with E-state index in [4.69, 9.17) is 4.74 Å². The zero-order chi connectivity index (χ0) is 21.7. The Morgan fingerprint density at radius 2 is 1.93 bits per heavy atom. The molecule has 1 aromatic heterocycles. The molecule has 29 heavy (non-hydrogen) atoms. The quantitative estimate of drug-likeness (QED) is 0.576. The topological polar surface area (TPSA) is 110 Å². The van der Waals surface area contributed by atoms with Crippen LogP contribution in [0.2, 0.25) is 0 Å². The van der Waals surface area contributed by atoms with Gasteiger partial charge in [-0.25, -0.2) is 13.1 Å². The van der Waals surface area contributed by atoms with E-state index in [-0.39, 0.29) is 16.2 Å². The van der Waals surface area contributed by atoms with Gasteiger partial charge in [-0.2, -0.15) is 0 Å². The maximum absolute atomic E-state index is 12.7. The van der Waals surface area contributed by atoms with Crippen molar-refractivity contribution in [3.63, 3.8) is 0 Å². The molecule has 0 radical (unpaired) electrons. The van der Waals surface area contributed by atoms with Gasteiger partial charge < -0.3 is 4.74 Å². The second-order valence-corrected chi connectivity index (χ2v) is 10.3. The molecule has 1 amide bonds. The minimum absolute atomic E-state index is 0.0971. The monoisotopic (exact) mass is 440 g/mol. The number of nitrogens with zero attached hydrogens (tertiary/aromatic N) is 2. The molecule has 160 valence electrons. The lowest BCUT2D eigenvalue weighted by molar-refractivity contribution is 0.102. The van der Waals surface area contributed by atoms with E-state index < -0.39 is 21.5 Å². The van der Waals surface area contributed by atoms with Crippen LogP contribution in [0.15, 0.2) is 23.1 Å². The van der Waals surface area contributed by atoms with E-state index in [2.05, 4.69) is 27.2 Å². The molecule has 0 aliphatic carbocycles. The molecule has 8 nitrogen and oxygen atoms in total. The van der Waals surface area contributed by atoms with E-state index in [1.807, 2.05) is 0 Å². The molecule has 1 heterocycles. The van der Waals surface area contributed by atoms with Gasteiger partial charge in [-0.05, 0) is 45.4 Å². The molecular weight excluding hydrogens is 412 g/mol. The minimum atomic E-state index is -3.88. The van der Waals surface area contributed by atoms with Crippen LogP contribution in [0, 0.1) is 0 Å². The highest BCUT2D eigenvalue weighted by molar-refractivity contribution is 7.89. The Bertz CT molecular complexity index is 949. The van der Waals surface area contributed by atoms with Crippen molar-refractivity contribution in [3.05, 3.63) is 28.8 Å². The zero-order valence-corrected chi connectivity index (χ0v) is 19.0. The van der Waals surface area contributed by atoms with Crippen LogP contribution >= 0.6 is 11.3 Å². The summed E-state index contributed by atoms with van der Waals surface area (Å²) in [7, 11) is -2.50. The number of amides is 1. The van der Waals surface area contributed by atoms with Crippen molar-refractivity contribution in [2.45, 2.75) is 63.8 Å². The lowest BCUT2D eigenvalue weighted by atomic mass is 10.1. The van der Waals surface area contributed by atoms with Crippen LogP contribution in [0.4, 0.5) is 5.13 Å². The first-order chi connectivity index (χ1) is 13.6. The number of aryl methyl sites for hydroxylation is 1. The Morgan fingerprint density at radius 1 is 1.21 bits per heavy atom. The van der Waals surface area contributed by atoms with Gasteiger partial charge in [0.05, 0.1) is 7.11 Å². The number of hydrogen-bond acceptors (Lipinski definition) is 7. The van der Waals surface area contributed by atoms with Crippen LogP contribution < -0.4 is 14.8 Å². The second-order valence-electron chi connectivity index (χ2n) is 7.63. The Labute approximate surface area is 176 Å². The predicted octanol–water partition coefficient (Wildman–Crippen LogP) is 3.61. The number of rotatable bonds is 9. The number of unbranched alkanes of at least 4 members (excludes halogenated alkanes) is 2. The molecule has 1 aromatic carbocycles. The summed E-state index contributed by atoms with van der Waals surface area (Å²) in [6.45, 7) is 7.34. The number of benzene rings is 1. The number of methoxy groups -OCH3 is 1. The van der Waals surface area contributed by atoms with E-state index in [1.54, 1.807) is 20.8 Å². The Kier molecular flexibility index (Phi) is 7.73. The van der Waals surface area contributed by atoms with E-state index in [9.17, 15) is 13.2 Å². The molecule has 0 aliphatic rings. The fourth-order valence-corrected chi connectivity index (χ4v) is 4.98. The Balaban J connectivity index is 2.21. The van der Waals surface area contributed by atoms with Crippen molar-refractivity contribution in [2.24, 2.45) is 0 Å². The first-order valence-electron chi connectivity index (χ1n) is 9.41. The summed E-state index contributed by atoms with van der Waals surface area (Å²) in [6, 6.07) is 4.27. The highest BCUT2D eigenvalue weighted by Crippen LogP contribution is 2.27. The average molecular weight is 441 g/mol. The molecule has 2 N–H and O–H groups in total. The molecule has 0 fully saturated rings. The normalized spacial score (nSPS) is 12.0. The lowest BCUT2D eigenvalue weighted by Gasteiger charge is -2.21. The summed E-state index contributed by atoms with van der Waals surface area (Å²) < 4.78 is 33.2. The van der Waals surface area contributed by atoms with Crippen molar-refractivity contribution in [1.82, 2.24) is 14.9 Å². The molecule has 10 heteroatoms. The second kappa shape index (κ2) is 9.64. The average Bonchev–Trinajstić information content (AvgIpc) is 3.06. The first kappa shape index (κ1) is 23.2. The van der Waals surface area contributed by atoms with Crippen LogP contribution in [0.3, 0.4) is 0 Å². The molecule has 0 bridgehead atoms. The molecule has 0 atom stereocenters. The largest absolute Gasteiger partial charge is 0.495 e. The number of sulfonamides is 1. The van der Waals surface area contributed by atoms with Crippen LogP contribution in [-0.4, -0.2) is 37.2 Å². The number of carbonyl (C=O) groups is 1. The van der Waals surface area contributed by atoms with Crippen LogP contribution in [0.25, 0.3) is 0 Å². The maximum Gasteiger partial charge on any atom is 0.257 e. The van der Waals surface area contributed by atoms with Crippen molar-refractivity contribution >= 4 is 32.4 Å². The highest BCUT2D eigenvalue weighted by Gasteiger charge is 2.26. The van der Waals surface area contributed by atoms with Gasteiger partial charge in [-0.3, -0.25) is 10.1 Å². The van der Waals surface area contributed by atoms with Crippen LogP contribution in [0.5, 0.6) is 5.75 Å². The fraction of sp³-hybridized carbons (Fsp3) is 0.526. The SMILES string of the molecule is CCCCCc1nnc(NC(=O)c2ccc(OC)c(S(=O)(=O)NC(C)(C)C)c2)s1. The molecule has 2 rings (SSSR count). The molecule has 0 saturated carbocycles. The van der Waals surface area contributed by atoms with Gasteiger partial charge in [-0.15, -0.1) is 10.2 Å². The molecule has 0 spiro atoms. The number of ether oxygens (including phenoxy) is 1. The van der Waals surface area contributed by atoms with Gasteiger partial charge in [0.2, 0.25) is 15.2 Å². The molecule has 2 aromatic rings. The first-order valence-corrected chi connectivity index (χ1v) is 11.7. The number of carbonyl (C=O) groups excluding carboxylic acids is 1. The van der Waals surface area contributed by atoms with Crippen LogP contribution in [0.1, 0.15) is 62.3 Å². The van der Waals surface area contributed by atoms with Crippen molar-refractivity contribution in [3.8, 4) is 5.75 Å². The molecular formula is C19H28N4O4S2. The van der Waals surface area contributed by atoms with Gasteiger partial charge in [0.25, 0.3) is 5.91 Å². The summed E-state index contributed by atoms with van der Waals surface area (Å²) in [6.07, 6.45) is 4.09. The third-order valence-corrected chi connectivity index (χ3v) is 6.52. The van der Waals surface area contributed by atoms with E-state index in [1.165, 1.54) is 36.6 Å². The molecule has 0 unspecified atom stereocenters. The van der Waals surface area contributed by atoms with Crippen molar-refractivity contribution in [1.29, 1.82) is 0 Å². The Morgan fingerprint density at radius 3 is 2.55 bits per heavy atom. The summed E-state index contributed by atoms with van der Waals surface area (Å²) in [5.41, 5.74) is -0.495. The van der Waals surface area contributed by atoms with Gasteiger partial charge in [0, 0.05) is 17.5 Å². The number of hydrogen-bond donors (Lipinski definition) is 2.